The third-order valence-corrected chi connectivity index (χ3v) is 2.37. The number of carbonyl (C=O) groups excluding carboxylic acids is 1. The summed E-state index contributed by atoms with van der Waals surface area (Å²) in [5.41, 5.74) is 0. The minimum absolute atomic E-state index is 0.0424. The molecule has 0 aliphatic rings. The van der Waals surface area contributed by atoms with Gasteiger partial charge >= 0.3 is 0 Å². The first-order chi connectivity index (χ1) is 8.90. The fourth-order valence-corrected chi connectivity index (χ4v) is 1.24. The first kappa shape index (κ1) is 15.4. The van der Waals surface area contributed by atoms with Crippen LogP contribution < -0.4 is 10.1 Å². The second kappa shape index (κ2) is 7.04. The molecule has 4 nitrogen and oxygen atoms in total. The number of rotatable bonds is 6. The molecule has 0 aromatic heterocycles. The van der Waals surface area contributed by atoms with Crippen molar-refractivity contribution in [3.63, 3.8) is 0 Å². The Morgan fingerprint density at radius 3 is 2.63 bits per heavy atom. The van der Waals surface area contributed by atoms with Gasteiger partial charge in [-0.1, -0.05) is 13.8 Å². The van der Waals surface area contributed by atoms with Crippen LogP contribution in [0.3, 0.4) is 0 Å². The zero-order valence-corrected chi connectivity index (χ0v) is 10.8. The predicted octanol–water partition coefficient (Wildman–Crippen LogP) is 1.48. The standard InChI is InChI=1S/C13H17F2NO3/c1-8(2)13(18)16-6-9(17)7-19-10-3-4-11(14)12(15)5-10/h3-5,8-9,17H,6-7H2,1-2H3,(H,16,18). The molecule has 0 aliphatic carbocycles. The Hall–Kier alpha value is -1.69. The van der Waals surface area contributed by atoms with Crippen LogP contribution in [0.5, 0.6) is 5.75 Å². The Morgan fingerprint density at radius 2 is 2.05 bits per heavy atom. The number of amides is 1. The highest BCUT2D eigenvalue weighted by molar-refractivity contribution is 5.77. The van der Waals surface area contributed by atoms with Gasteiger partial charge in [0.1, 0.15) is 18.5 Å². The predicted molar refractivity (Wildman–Crippen MR) is 65.7 cm³/mol. The molecule has 1 rings (SSSR count). The van der Waals surface area contributed by atoms with E-state index in [1.807, 2.05) is 0 Å². The van der Waals surface area contributed by atoms with Gasteiger partial charge in [0.2, 0.25) is 5.91 Å². The Kier molecular flexibility index (Phi) is 5.69. The lowest BCUT2D eigenvalue weighted by atomic mass is 10.2. The summed E-state index contributed by atoms with van der Waals surface area (Å²) >= 11 is 0. The highest BCUT2D eigenvalue weighted by Crippen LogP contribution is 2.15. The molecule has 0 spiro atoms. The molecular weight excluding hydrogens is 256 g/mol. The summed E-state index contributed by atoms with van der Waals surface area (Å²) in [5.74, 6) is -2.20. The van der Waals surface area contributed by atoms with Gasteiger partial charge in [0.05, 0.1) is 0 Å². The van der Waals surface area contributed by atoms with Crippen LogP contribution >= 0.6 is 0 Å². The van der Waals surface area contributed by atoms with Gasteiger partial charge in [-0.2, -0.15) is 0 Å². The van der Waals surface area contributed by atoms with Crippen LogP contribution in [0.25, 0.3) is 0 Å². The van der Waals surface area contributed by atoms with E-state index in [0.29, 0.717) is 0 Å². The van der Waals surface area contributed by atoms with Crippen LogP contribution in [-0.2, 0) is 4.79 Å². The molecule has 1 unspecified atom stereocenters. The molecule has 106 valence electrons. The van der Waals surface area contributed by atoms with E-state index >= 15 is 0 Å². The maximum Gasteiger partial charge on any atom is 0.222 e. The monoisotopic (exact) mass is 273 g/mol. The van der Waals surface area contributed by atoms with E-state index < -0.39 is 17.7 Å². The van der Waals surface area contributed by atoms with Gasteiger partial charge in [-0.3, -0.25) is 4.79 Å². The third kappa shape index (κ3) is 5.21. The number of nitrogens with one attached hydrogen (secondary N) is 1. The molecule has 1 amide bonds. The zero-order valence-electron chi connectivity index (χ0n) is 10.8. The van der Waals surface area contributed by atoms with Crippen molar-refractivity contribution in [2.24, 2.45) is 5.92 Å². The first-order valence-corrected chi connectivity index (χ1v) is 5.93. The van der Waals surface area contributed by atoms with Crippen LogP contribution in [0.4, 0.5) is 8.78 Å². The molecule has 0 saturated heterocycles. The Labute approximate surface area is 110 Å². The third-order valence-electron chi connectivity index (χ3n) is 2.37. The van der Waals surface area contributed by atoms with Crippen LogP contribution in [-0.4, -0.2) is 30.3 Å². The zero-order chi connectivity index (χ0) is 14.4. The van der Waals surface area contributed by atoms with Gasteiger partial charge in [0, 0.05) is 18.5 Å². The van der Waals surface area contributed by atoms with Crippen molar-refractivity contribution >= 4 is 5.91 Å². The van der Waals surface area contributed by atoms with Crippen molar-refractivity contribution in [3.05, 3.63) is 29.8 Å². The van der Waals surface area contributed by atoms with E-state index in [1.165, 1.54) is 6.07 Å². The Bertz CT molecular complexity index is 438. The second-order valence-electron chi connectivity index (χ2n) is 4.44. The van der Waals surface area contributed by atoms with E-state index in [0.717, 1.165) is 12.1 Å². The number of hydrogen-bond acceptors (Lipinski definition) is 3. The van der Waals surface area contributed by atoms with Crippen LogP contribution in [0.1, 0.15) is 13.8 Å². The summed E-state index contributed by atoms with van der Waals surface area (Å²) < 4.78 is 30.6. The highest BCUT2D eigenvalue weighted by Gasteiger charge is 2.11. The number of hydrogen-bond donors (Lipinski definition) is 2. The number of halogens is 2. The number of carbonyl (C=O) groups is 1. The molecule has 6 heteroatoms. The molecule has 0 fully saturated rings. The topological polar surface area (TPSA) is 58.6 Å². The maximum absolute atomic E-state index is 12.9. The quantitative estimate of drug-likeness (QED) is 0.825. The second-order valence-corrected chi connectivity index (χ2v) is 4.44. The molecular formula is C13H17F2NO3. The van der Waals surface area contributed by atoms with Crippen molar-refractivity contribution in [2.45, 2.75) is 20.0 Å². The van der Waals surface area contributed by atoms with E-state index in [4.69, 9.17) is 4.74 Å². The van der Waals surface area contributed by atoms with Crippen molar-refractivity contribution in [2.75, 3.05) is 13.2 Å². The number of benzene rings is 1. The molecule has 19 heavy (non-hydrogen) atoms. The number of aliphatic hydroxyl groups is 1. The number of ether oxygens (including phenoxy) is 1. The average Bonchev–Trinajstić information content (AvgIpc) is 2.37. The van der Waals surface area contributed by atoms with Gasteiger partial charge < -0.3 is 15.2 Å². The summed E-state index contributed by atoms with van der Waals surface area (Å²) in [4.78, 5) is 11.2. The molecule has 1 aromatic carbocycles. The van der Waals surface area contributed by atoms with Crippen molar-refractivity contribution in [3.8, 4) is 5.75 Å². The lowest BCUT2D eigenvalue weighted by Gasteiger charge is -2.14. The van der Waals surface area contributed by atoms with Gasteiger partial charge in [0.15, 0.2) is 11.6 Å². The Balaban J connectivity index is 2.35. The van der Waals surface area contributed by atoms with E-state index in [-0.39, 0.29) is 30.7 Å². The van der Waals surface area contributed by atoms with Crippen molar-refractivity contribution in [1.82, 2.24) is 5.32 Å². The molecule has 0 aliphatic heterocycles. The fraction of sp³-hybridized carbons (Fsp3) is 0.462. The molecule has 0 bridgehead atoms. The minimum Gasteiger partial charge on any atom is -0.491 e. The molecule has 0 saturated carbocycles. The van der Waals surface area contributed by atoms with Gasteiger partial charge in [-0.15, -0.1) is 0 Å². The fourth-order valence-electron chi connectivity index (χ4n) is 1.24. The summed E-state index contributed by atoms with van der Waals surface area (Å²) in [7, 11) is 0. The van der Waals surface area contributed by atoms with Crippen molar-refractivity contribution < 1.29 is 23.4 Å². The van der Waals surface area contributed by atoms with Gasteiger partial charge in [0.25, 0.3) is 0 Å². The number of aliphatic hydroxyl groups excluding tert-OH is 1. The SMILES string of the molecule is CC(C)C(=O)NCC(O)COc1ccc(F)c(F)c1. The van der Waals surface area contributed by atoms with E-state index in [2.05, 4.69) is 5.32 Å². The van der Waals surface area contributed by atoms with Crippen LogP contribution in [0.2, 0.25) is 0 Å². The Morgan fingerprint density at radius 1 is 1.37 bits per heavy atom. The molecule has 2 N–H and O–H groups in total. The van der Waals surface area contributed by atoms with Gasteiger partial charge in [-0.05, 0) is 12.1 Å². The first-order valence-electron chi connectivity index (χ1n) is 5.93. The van der Waals surface area contributed by atoms with Crippen molar-refractivity contribution in [1.29, 1.82) is 0 Å². The normalized spacial score (nSPS) is 12.3. The molecule has 0 radical (unpaired) electrons. The molecule has 1 atom stereocenters. The highest BCUT2D eigenvalue weighted by atomic mass is 19.2. The van der Waals surface area contributed by atoms with E-state index in [1.54, 1.807) is 13.8 Å². The largest absolute Gasteiger partial charge is 0.491 e. The van der Waals surface area contributed by atoms with Crippen LogP contribution in [0.15, 0.2) is 18.2 Å². The molecule has 0 heterocycles. The lowest BCUT2D eigenvalue weighted by Crippen LogP contribution is -2.37. The van der Waals surface area contributed by atoms with E-state index in [9.17, 15) is 18.7 Å². The van der Waals surface area contributed by atoms with Gasteiger partial charge in [-0.25, -0.2) is 8.78 Å². The summed E-state index contributed by atoms with van der Waals surface area (Å²) in [6.07, 6.45) is -0.921. The summed E-state index contributed by atoms with van der Waals surface area (Å²) in [5, 5.41) is 12.1. The lowest BCUT2D eigenvalue weighted by molar-refractivity contribution is -0.124. The average molecular weight is 273 g/mol. The summed E-state index contributed by atoms with van der Waals surface area (Å²) in [6, 6.07) is 3.10. The molecule has 1 aromatic rings. The summed E-state index contributed by atoms with van der Waals surface area (Å²) in [6.45, 7) is 3.39. The minimum atomic E-state index is -1.01. The smallest absolute Gasteiger partial charge is 0.222 e. The maximum atomic E-state index is 12.9. The van der Waals surface area contributed by atoms with Crippen LogP contribution in [0, 0.1) is 17.6 Å².